The first kappa shape index (κ1) is 36.9. The van der Waals surface area contributed by atoms with E-state index in [1.807, 2.05) is 33.3 Å². The Morgan fingerprint density at radius 2 is 1.26 bits per heavy atom. The minimum absolute atomic E-state index is 0.0239. The van der Waals surface area contributed by atoms with Crippen LogP contribution in [0, 0.1) is 0 Å². The van der Waals surface area contributed by atoms with Gasteiger partial charge in [0.25, 0.3) is 7.82 Å². The zero-order valence-electron chi connectivity index (χ0n) is 24.3. The highest BCUT2D eigenvalue weighted by molar-refractivity contribution is 7.45. The number of quaternary nitrogens is 1. The number of likely N-dealkylation sites (N-methyl/N-ethyl adjacent to an activating group) is 1. The lowest BCUT2D eigenvalue weighted by Crippen LogP contribution is -2.37. The van der Waals surface area contributed by atoms with E-state index in [1.54, 1.807) is 0 Å². The van der Waals surface area contributed by atoms with Crippen LogP contribution in [-0.4, -0.2) is 69.2 Å². The Bertz CT molecular complexity index is 854. The van der Waals surface area contributed by atoms with Gasteiger partial charge in [0.1, 0.15) is 25.9 Å². The molecule has 0 rings (SSSR count). The molecule has 0 bridgehead atoms. The van der Waals surface area contributed by atoms with Crippen LogP contribution in [0.5, 0.6) is 0 Å². The summed E-state index contributed by atoms with van der Waals surface area (Å²) in [6, 6.07) is 0. The minimum Gasteiger partial charge on any atom is -0.756 e. The van der Waals surface area contributed by atoms with Gasteiger partial charge in [0.15, 0.2) is 0 Å². The Balaban J connectivity index is 3.80. The Morgan fingerprint density at radius 3 is 1.72 bits per heavy atom. The average molecular weight is 568 g/mol. The van der Waals surface area contributed by atoms with E-state index in [0.29, 0.717) is 17.4 Å². The standard InChI is InChI=1S/C30H50NO7P/c1-5-6-7-8-9-10-11-12-13-14-15-16-17-18-19-20-21-22-23-24-30(33)36-27-29(32)28-38-39(34,35)37-26-25-31(2,3)4/h6-7,9-10,12-13,15-16,18-19,21-22,29,32H,5,8,11,14,17,20,23-28H2,1-4H3/b7-6+,10-9+,13-12+,16-15+,19-18+,22-21+. The number of carbonyl (C=O) groups excluding carboxylic acids is 1. The first-order chi connectivity index (χ1) is 18.6. The lowest BCUT2D eigenvalue weighted by molar-refractivity contribution is -0.870. The van der Waals surface area contributed by atoms with E-state index in [9.17, 15) is 19.4 Å². The van der Waals surface area contributed by atoms with Gasteiger partial charge in [-0.15, -0.1) is 0 Å². The van der Waals surface area contributed by atoms with Crippen LogP contribution < -0.4 is 4.89 Å². The van der Waals surface area contributed by atoms with Gasteiger partial charge in [-0.1, -0.05) is 79.8 Å². The molecule has 0 aromatic rings. The predicted molar refractivity (Wildman–Crippen MR) is 157 cm³/mol. The third kappa shape index (κ3) is 28.8. The Morgan fingerprint density at radius 1 is 0.795 bits per heavy atom. The molecule has 0 radical (unpaired) electrons. The molecule has 2 atom stereocenters. The summed E-state index contributed by atoms with van der Waals surface area (Å²) in [6.45, 7) is 1.71. The smallest absolute Gasteiger partial charge is 0.306 e. The van der Waals surface area contributed by atoms with Gasteiger partial charge in [-0.05, 0) is 44.9 Å². The van der Waals surface area contributed by atoms with Crippen LogP contribution >= 0.6 is 7.82 Å². The fourth-order valence-electron chi connectivity index (χ4n) is 2.79. The molecule has 0 spiro atoms. The van der Waals surface area contributed by atoms with Gasteiger partial charge >= 0.3 is 5.97 Å². The van der Waals surface area contributed by atoms with Crippen LogP contribution in [0.4, 0.5) is 0 Å². The maximum atomic E-state index is 11.8. The first-order valence-electron chi connectivity index (χ1n) is 13.7. The Hall–Kier alpha value is -2.06. The molecular weight excluding hydrogens is 517 g/mol. The SMILES string of the molecule is CC/C=C/C/C=C/C/C=C/C/C=C/C/C=C/C/C=C/CCC(=O)OCC(O)COP(=O)([O-])OCC[N+](C)(C)C. The highest BCUT2D eigenvalue weighted by Crippen LogP contribution is 2.38. The number of esters is 1. The van der Waals surface area contributed by atoms with Crippen molar-refractivity contribution in [2.45, 2.75) is 64.4 Å². The molecule has 0 heterocycles. The fraction of sp³-hybridized carbons (Fsp3) is 0.567. The van der Waals surface area contributed by atoms with E-state index in [4.69, 9.17) is 9.26 Å². The third-order valence-electron chi connectivity index (χ3n) is 4.98. The zero-order valence-corrected chi connectivity index (χ0v) is 25.2. The van der Waals surface area contributed by atoms with Gasteiger partial charge < -0.3 is 28.3 Å². The van der Waals surface area contributed by atoms with Gasteiger partial charge in [0, 0.05) is 6.42 Å². The molecule has 0 aliphatic rings. The maximum Gasteiger partial charge on any atom is 0.306 e. The van der Waals surface area contributed by atoms with E-state index < -0.39 is 26.5 Å². The van der Waals surface area contributed by atoms with E-state index in [1.165, 1.54) is 0 Å². The fourth-order valence-corrected chi connectivity index (χ4v) is 3.53. The summed E-state index contributed by atoms with van der Waals surface area (Å²) in [5.41, 5.74) is 0. The molecule has 0 amide bonds. The zero-order chi connectivity index (χ0) is 29.2. The number of nitrogens with zero attached hydrogens (tertiary/aromatic N) is 1. The van der Waals surface area contributed by atoms with Crippen molar-refractivity contribution in [3.63, 3.8) is 0 Å². The van der Waals surface area contributed by atoms with E-state index in [-0.39, 0.29) is 19.6 Å². The topological polar surface area (TPSA) is 105 Å². The number of phosphoric acid groups is 1. The van der Waals surface area contributed by atoms with Crippen molar-refractivity contribution >= 4 is 13.8 Å². The molecule has 8 nitrogen and oxygen atoms in total. The summed E-state index contributed by atoms with van der Waals surface area (Å²) >= 11 is 0. The number of rotatable bonds is 23. The number of carbonyl (C=O) groups is 1. The molecule has 0 aliphatic heterocycles. The average Bonchev–Trinajstić information content (AvgIpc) is 2.86. The van der Waals surface area contributed by atoms with Crippen LogP contribution in [0.25, 0.3) is 0 Å². The number of hydrogen-bond donors (Lipinski definition) is 1. The van der Waals surface area contributed by atoms with Gasteiger partial charge in [0.2, 0.25) is 0 Å². The molecule has 0 aromatic carbocycles. The van der Waals surface area contributed by atoms with Crippen LogP contribution in [-0.2, 0) is 23.1 Å². The lowest BCUT2D eigenvalue weighted by Gasteiger charge is -2.27. The molecule has 2 unspecified atom stereocenters. The molecule has 39 heavy (non-hydrogen) atoms. The predicted octanol–water partition coefficient (Wildman–Crippen LogP) is 5.58. The monoisotopic (exact) mass is 567 g/mol. The van der Waals surface area contributed by atoms with E-state index in [0.717, 1.165) is 38.5 Å². The second-order valence-corrected chi connectivity index (χ2v) is 11.3. The molecule has 0 aromatic heterocycles. The largest absolute Gasteiger partial charge is 0.756 e. The number of aliphatic hydroxyl groups excluding tert-OH is 1. The quantitative estimate of drug-likeness (QED) is 0.0744. The van der Waals surface area contributed by atoms with Gasteiger partial charge in [-0.2, -0.15) is 0 Å². The van der Waals surface area contributed by atoms with Crippen LogP contribution in [0.2, 0.25) is 0 Å². The number of ether oxygens (including phenoxy) is 1. The third-order valence-corrected chi connectivity index (χ3v) is 5.95. The van der Waals surface area contributed by atoms with Crippen LogP contribution in [0.3, 0.4) is 0 Å². The first-order valence-corrected chi connectivity index (χ1v) is 15.2. The lowest BCUT2D eigenvalue weighted by atomic mass is 10.2. The molecule has 0 saturated heterocycles. The molecule has 0 aliphatic carbocycles. The van der Waals surface area contributed by atoms with Gasteiger partial charge in [-0.3, -0.25) is 9.36 Å². The summed E-state index contributed by atoms with van der Waals surface area (Å²) in [5, 5.41) is 9.80. The van der Waals surface area contributed by atoms with Gasteiger partial charge in [-0.25, -0.2) is 0 Å². The minimum atomic E-state index is -4.51. The molecule has 0 fully saturated rings. The van der Waals surface area contributed by atoms with Crippen molar-refractivity contribution in [2.24, 2.45) is 0 Å². The molecule has 9 heteroatoms. The van der Waals surface area contributed by atoms with Crippen LogP contribution in [0.15, 0.2) is 72.9 Å². The molecule has 0 saturated carbocycles. The summed E-state index contributed by atoms with van der Waals surface area (Å²) < 4.78 is 26.6. The van der Waals surface area contributed by atoms with Crippen molar-refractivity contribution in [1.82, 2.24) is 0 Å². The van der Waals surface area contributed by atoms with Crippen molar-refractivity contribution in [2.75, 3.05) is 47.5 Å². The van der Waals surface area contributed by atoms with Crippen molar-refractivity contribution in [3.05, 3.63) is 72.9 Å². The second-order valence-electron chi connectivity index (χ2n) is 9.88. The Kier molecular flexibility index (Phi) is 22.5. The number of phosphoric ester groups is 1. The normalized spacial score (nSPS) is 15.5. The number of allylic oxidation sites excluding steroid dienone is 12. The summed E-state index contributed by atoms with van der Waals surface area (Å²) in [5.74, 6) is -0.474. The molecular formula is C30H50NO7P. The van der Waals surface area contributed by atoms with Crippen molar-refractivity contribution < 1.29 is 37.6 Å². The van der Waals surface area contributed by atoms with Gasteiger partial charge in [0.05, 0.1) is 27.7 Å². The molecule has 222 valence electrons. The van der Waals surface area contributed by atoms with E-state index >= 15 is 0 Å². The van der Waals surface area contributed by atoms with Crippen LogP contribution in [0.1, 0.15) is 58.3 Å². The summed E-state index contributed by atoms with van der Waals surface area (Å²) in [6.07, 6.45) is 30.5. The summed E-state index contributed by atoms with van der Waals surface area (Å²) in [4.78, 5) is 23.5. The van der Waals surface area contributed by atoms with E-state index in [2.05, 4.69) is 72.2 Å². The van der Waals surface area contributed by atoms with Crippen molar-refractivity contribution in [1.29, 1.82) is 0 Å². The van der Waals surface area contributed by atoms with Crippen molar-refractivity contribution in [3.8, 4) is 0 Å². The summed E-state index contributed by atoms with van der Waals surface area (Å²) in [7, 11) is 1.19. The Labute approximate surface area is 236 Å². The maximum absolute atomic E-state index is 11.8. The second kappa shape index (κ2) is 23.8. The number of aliphatic hydroxyl groups is 1. The molecule has 1 N–H and O–H groups in total. The number of hydrogen-bond acceptors (Lipinski definition) is 7. The highest BCUT2D eigenvalue weighted by atomic mass is 31.2. The highest BCUT2D eigenvalue weighted by Gasteiger charge is 2.16.